The zero-order valence-electron chi connectivity index (χ0n) is 10.4. The van der Waals surface area contributed by atoms with Crippen molar-refractivity contribution in [2.24, 2.45) is 23.5 Å². The second-order valence-corrected chi connectivity index (χ2v) is 6.38. The summed E-state index contributed by atoms with van der Waals surface area (Å²) >= 11 is 0. The van der Waals surface area contributed by atoms with Gasteiger partial charge in [-0.2, -0.15) is 0 Å². The highest BCUT2D eigenvalue weighted by molar-refractivity contribution is 4.90. The molecule has 0 radical (unpaired) electrons. The highest BCUT2D eigenvalue weighted by Crippen LogP contribution is 2.38. The normalized spacial score (nSPS) is 38.1. The molecule has 16 heavy (non-hydrogen) atoms. The van der Waals surface area contributed by atoms with Crippen LogP contribution in [0.2, 0.25) is 0 Å². The smallest absolute Gasteiger partial charge is 0.0196 e. The summed E-state index contributed by atoms with van der Waals surface area (Å²) in [5, 5.41) is 0. The summed E-state index contributed by atoms with van der Waals surface area (Å²) in [6, 6.07) is 0.460. The Bertz CT molecular complexity index is 223. The zero-order chi connectivity index (χ0) is 11.0. The van der Waals surface area contributed by atoms with Gasteiger partial charge in [-0.05, 0) is 43.4 Å². The molecule has 2 N–H and O–H groups in total. The molecule has 1 aliphatic heterocycles. The molecule has 3 aliphatic rings. The molecule has 2 aliphatic carbocycles. The van der Waals surface area contributed by atoms with Crippen LogP contribution in [-0.4, -0.2) is 30.6 Å². The summed E-state index contributed by atoms with van der Waals surface area (Å²) in [6.45, 7) is 3.88. The van der Waals surface area contributed by atoms with Gasteiger partial charge in [-0.15, -0.1) is 0 Å². The Hall–Kier alpha value is -0.0800. The van der Waals surface area contributed by atoms with E-state index < -0.39 is 0 Å². The van der Waals surface area contributed by atoms with Gasteiger partial charge in [-0.3, -0.25) is 0 Å². The van der Waals surface area contributed by atoms with Crippen LogP contribution in [-0.2, 0) is 0 Å². The average molecular weight is 222 g/mol. The monoisotopic (exact) mass is 222 g/mol. The van der Waals surface area contributed by atoms with Crippen molar-refractivity contribution in [3.8, 4) is 0 Å². The largest absolute Gasteiger partial charge is 0.326 e. The SMILES string of the molecule is NC(CN1CC2CCCC2C1)C1CCCC1. The molecule has 3 unspecified atom stereocenters. The Labute approximate surface area is 99.6 Å². The van der Waals surface area contributed by atoms with E-state index in [2.05, 4.69) is 4.90 Å². The number of hydrogen-bond donors (Lipinski definition) is 1. The predicted molar refractivity (Wildman–Crippen MR) is 67.2 cm³/mol. The van der Waals surface area contributed by atoms with Crippen molar-refractivity contribution in [2.45, 2.75) is 51.0 Å². The lowest BCUT2D eigenvalue weighted by Crippen LogP contribution is -2.41. The maximum atomic E-state index is 6.37. The fourth-order valence-corrected chi connectivity index (χ4v) is 4.31. The summed E-state index contributed by atoms with van der Waals surface area (Å²) in [4.78, 5) is 2.66. The minimum absolute atomic E-state index is 0.460. The third-order valence-electron chi connectivity index (χ3n) is 5.28. The molecule has 3 fully saturated rings. The lowest BCUT2D eigenvalue weighted by molar-refractivity contribution is 0.256. The van der Waals surface area contributed by atoms with Gasteiger partial charge in [0.05, 0.1) is 0 Å². The van der Waals surface area contributed by atoms with Crippen molar-refractivity contribution in [3.63, 3.8) is 0 Å². The molecule has 0 spiro atoms. The van der Waals surface area contributed by atoms with Gasteiger partial charge in [-0.25, -0.2) is 0 Å². The highest BCUT2D eigenvalue weighted by Gasteiger charge is 2.37. The molecule has 0 bridgehead atoms. The van der Waals surface area contributed by atoms with Crippen LogP contribution in [0.15, 0.2) is 0 Å². The van der Waals surface area contributed by atoms with Crippen LogP contribution in [0.5, 0.6) is 0 Å². The summed E-state index contributed by atoms with van der Waals surface area (Å²) in [7, 11) is 0. The third kappa shape index (κ3) is 2.14. The molecule has 0 aromatic heterocycles. The lowest BCUT2D eigenvalue weighted by atomic mass is 9.98. The van der Waals surface area contributed by atoms with Crippen LogP contribution >= 0.6 is 0 Å². The molecule has 2 heteroatoms. The highest BCUT2D eigenvalue weighted by atomic mass is 15.2. The third-order valence-corrected chi connectivity index (χ3v) is 5.28. The lowest BCUT2D eigenvalue weighted by Gasteiger charge is -2.25. The van der Waals surface area contributed by atoms with Gasteiger partial charge in [0.2, 0.25) is 0 Å². The quantitative estimate of drug-likeness (QED) is 0.793. The number of likely N-dealkylation sites (tertiary alicyclic amines) is 1. The first-order valence-corrected chi connectivity index (χ1v) is 7.31. The summed E-state index contributed by atoms with van der Waals surface area (Å²) < 4.78 is 0. The predicted octanol–water partition coefficient (Wildman–Crippen LogP) is 2.24. The molecule has 92 valence electrons. The van der Waals surface area contributed by atoms with Crippen LogP contribution in [0.1, 0.15) is 44.9 Å². The van der Waals surface area contributed by atoms with E-state index in [0.717, 1.165) is 17.8 Å². The summed E-state index contributed by atoms with van der Waals surface area (Å²) in [5.74, 6) is 2.88. The standard InChI is InChI=1S/C14H26N2/c15-14(11-4-1-2-5-11)10-16-8-12-6-3-7-13(12)9-16/h11-14H,1-10,15H2. The summed E-state index contributed by atoms with van der Waals surface area (Å²) in [6.07, 6.45) is 10.1. The van der Waals surface area contributed by atoms with Crippen molar-refractivity contribution in [1.82, 2.24) is 4.90 Å². The first kappa shape index (κ1) is 11.0. The van der Waals surface area contributed by atoms with Gasteiger partial charge >= 0.3 is 0 Å². The van der Waals surface area contributed by atoms with Gasteiger partial charge < -0.3 is 10.6 Å². The Balaban J connectivity index is 1.48. The molecule has 2 nitrogen and oxygen atoms in total. The number of hydrogen-bond acceptors (Lipinski definition) is 2. The molecular weight excluding hydrogens is 196 g/mol. The Morgan fingerprint density at radius 1 is 0.938 bits per heavy atom. The molecule has 3 atom stereocenters. The van der Waals surface area contributed by atoms with E-state index in [1.54, 1.807) is 0 Å². The maximum Gasteiger partial charge on any atom is 0.0196 e. The van der Waals surface area contributed by atoms with Crippen molar-refractivity contribution < 1.29 is 0 Å². The van der Waals surface area contributed by atoms with Gasteiger partial charge in [-0.1, -0.05) is 19.3 Å². The fraction of sp³-hybridized carbons (Fsp3) is 1.00. The molecule has 1 heterocycles. The molecule has 0 aromatic rings. The van der Waals surface area contributed by atoms with Crippen LogP contribution in [0.4, 0.5) is 0 Å². The van der Waals surface area contributed by atoms with Crippen molar-refractivity contribution in [2.75, 3.05) is 19.6 Å². The topological polar surface area (TPSA) is 29.3 Å². The number of nitrogens with two attached hydrogens (primary N) is 1. The van der Waals surface area contributed by atoms with Gasteiger partial charge in [0.1, 0.15) is 0 Å². The van der Waals surface area contributed by atoms with Gasteiger partial charge in [0.25, 0.3) is 0 Å². The van der Waals surface area contributed by atoms with Gasteiger partial charge in [0, 0.05) is 25.7 Å². The van der Waals surface area contributed by atoms with Crippen LogP contribution in [0.3, 0.4) is 0 Å². The molecule has 3 rings (SSSR count). The van der Waals surface area contributed by atoms with Crippen LogP contribution in [0, 0.1) is 17.8 Å². The van der Waals surface area contributed by atoms with E-state index in [-0.39, 0.29) is 0 Å². The number of fused-ring (bicyclic) bond motifs is 1. The zero-order valence-corrected chi connectivity index (χ0v) is 10.4. The first-order chi connectivity index (χ1) is 7.83. The van der Waals surface area contributed by atoms with E-state index in [4.69, 9.17) is 5.73 Å². The molecule has 1 saturated heterocycles. The molecular formula is C14H26N2. The fourth-order valence-electron chi connectivity index (χ4n) is 4.31. The first-order valence-electron chi connectivity index (χ1n) is 7.31. The van der Waals surface area contributed by atoms with E-state index in [9.17, 15) is 0 Å². The van der Waals surface area contributed by atoms with E-state index in [1.165, 1.54) is 64.6 Å². The number of rotatable bonds is 3. The minimum atomic E-state index is 0.460. The van der Waals surface area contributed by atoms with Crippen molar-refractivity contribution >= 4 is 0 Å². The molecule has 2 saturated carbocycles. The molecule has 0 aromatic carbocycles. The second kappa shape index (κ2) is 4.66. The maximum absolute atomic E-state index is 6.37. The van der Waals surface area contributed by atoms with Crippen LogP contribution in [0.25, 0.3) is 0 Å². The van der Waals surface area contributed by atoms with E-state index in [0.29, 0.717) is 6.04 Å². The second-order valence-electron chi connectivity index (χ2n) is 6.38. The van der Waals surface area contributed by atoms with E-state index >= 15 is 0 Å². The molecule has 0 amide bonds. The number of nitrogens with zero attached hydrogens (tertiary/aromatic N) is 1. The van der Waals surface area contributed by atoms with Gasteiger partial charge in [0.15, 0.2) is 0 Å². The summed E-state index contributed by atoms with van der Waals surface area (Å²) in [5.41, 5.74) is 6.37. The van der Waals surface area contributed by atoms with E-state index in [1.807, 2.05) is 0 Å². The minimum Gasteiger partial charge on any atom is -0.326 e. The Kier molecular flexibility index (Phi) is 3.21. The van der Waals surface area contributed by atoms with Crippen LogP contribution < -0.4 is 5.73 Å². The Morgan fingerprint density at radius 3 is 2.19 bits per heavy atom. The van der Waals surface area contributed by atoms with Crippen molar-refractivity contribution in [1.29, 1.82) is 0 Å². The van der Waals surface area contributed by atoms with Crippen molar-refractivity contribution in [3.05, 3.63) is 0 Å². The average Bonchev–Trinajstić information content (AvgIpc) is 2.91. The Morgan fingerprint density at radius 2 is 1.56 bits per heavy atom.